The van der Waals surface area contributed by atoms with Crippen molar-refractivity contribution in [1.29, 1.82) is 5.26 Å². The molecule has 0 saturated heterocycles. The van der Waals surface area contributed by atoms with Crippen molar-refractivity contribution in [1.82, 2.24) is 0 Å². The van der Waals surface area contributed by atoms with E-state index in [1.54, 1.807) is 0 Å². The van der Waals surface area contributed by atoms with Crippen molar-refractivity contribution in [3.05, 3.63) is 29.3 Å². The minimum absolute atomic E-state index is 0.0489. The molecule has 0 radical (unpaired) electrons. The van der Waals surface area contributed by atoms with Crippen LogP contribution in [0.2, 0.25) is 0 Å². The zero-order chi connectivity index (χ0) is 14.2. The maximum atomic E-state index is 12.4. The first-order valence-electron chi connectivity index (χ1n) is 5.42. The Morgan fingerprint density at radius 1 is 1.33 bits per heavy atom. The maximum absolute atomic E-state index is 12.4. The Morgan fingerprint density at radius 3 is 2.39 bits per heavy atom. The van der Waals surface area contributed by atoms with Gasteiger partial charge in [-0.3, -0.25) is 0 Å². The Labute approximate surface area is 104 Å². The highest BCUT2D eigenvalue weighted by atomic mass is 19.4. The van der Waals surface area contributed by atoms with Crippen LogP contribution in [-0.2, 0) is 17.4 Å². The quantitative estimate of drug-likeness (QED) is 0.671. The van der Waals surface area contributed by atoms with E-state index >= 15 is 0 Å². The van der Waals surface area contributed by atoms with Crippen LogP contribution in [0.4, 0.5) is 18.9 Å². The number of halogens is 3. The second kappa shape index (κ2) is 7.69. The van der Waals surface area contributed by atoms with E-state index in [1.165, 1.54) is 18.7 Å². The van der Waals surface area contributed by atoms with Gasteiger partial charge in [0, 0.05) is 11.6 Å². The third-order valence-corrected chi connectivity index (χ3v) is 1.99. The van der Waals surface area contributed by atoms with E-state index in [4.69, 9.17) is 5.26 Å². The molecule has 18 heavy (non-hydrogen) atoms. The number of quaternary nitrogens is 1. The summed E-state index contributed by atoms with van der Waals surface area (Å²) in [4.78, 5) is 4.68. The highest BCUT2D eigenvalue weighted by Crippen LogP contribution is 2.31. The molecule has 0 heterocycles. The third-order valence-electron chi connectivity index (χ3n) is 1.99. The third kappa shape index (κ3) is 4.73. The number of alkyl halides is 3. The number of nitrogens with two attached hydrogens (primary N) is 1. The predicted octanol–water partition coefficient (Wildman–Crippen LogP) is 2.55. The van der Waals surface area contributed by atoms with Crippen LogP contribution < -0.4 is 5.48 Å². The molecular weight excluding hydrogens is 245 g/mol. The van der Waals surface area contributed by atoms with Crippen molar-refractivity contribution in [3.63, 3.8) is 0 Å². The molecule has 0 aromatic heterocycles. The van der Waals surface area contributed by atoms with Crippen molar-refractivity contribution in [2.75, 3.05) is 7.11 Å². The fraction of sp³-hybridized carbons (Fsp3) is 0.417. The van der Waals surface area contributed by atoms with Crippen molar-refractivity contribution in [3.8, 4) is 6.07 Å². The van der Waals surface area contributed by atoms with Crippen LogP contribution in [0.5, 0.6) is 0 Å². The number of hydrogen-bond donors (Lipinski definition) is 1. The van der Waals surface area contributed by atoms with E-state index in [9.17, 15) is 13.2 Å². The lowest BCUT2D eigenvalue weighted by Gasteiger charge is -2.09. The summed E-state index contributed by atoms with van der Waals surface area (Å²) in [5.74, 6) is 0. The fourth-order valence-electron chi connectivity index (χ4n) is 1.25. The minimum atomic E-state index is -4.39. The molecule has 3 nitrogen and oxygen atoms in total. The summed E-state index contributed by atoms with van der Waals surface area (Å²) in [6.07, 6.45) is -4.34. The lowest BCUT2D eigenvalue weighted by Crippen LogP contribution is -2.76. The monoisotopic (exact) mass is 261 g/mol. The number of hydrogen-bond acceptors (Lipinski definition) is 2. The molecule has 6 heteroatoms. The van der Waals surface area contributed by atoms with Gasteiger partial charge < -0.3 is 0 Å². The molecule has 1 aromatic rings. The first-order chi connectivity index (χ1) is 8.49. The molecule has 0 unspecified atom stereocenters. The zero-order valence-corrected chi connectivity index (χ0v) is 10.5. The van der Waals surface area contributed by atoms with Crippen LogP contribution in [0.1, 0.15) is 25.0 Å². The Balaban J connectivity index is 0.00000137. The number of benzene rings is 1. The summed E-state index contributed by atoms with van der Waals surface area (Å²) in [5, 5.41) is 8.51. The first-order valence-corrected chi connectivity index (χ1v) is 5.42. The second-order valence-electron chi connectivity index (χ2n) is 3.10. The van der Waals surface area contributed by atoms with E-state index in [2.05, 4.69) is 4.84 Å². The largest absolute Gasteiger partial charge is 0.416 e. The van der Waals surface area contributed by atoms with E-state index in [0.717, 1.165) is 12.1 Å². The summed E-state index contributed by atoms with van der Waals surface area (Å²) in [6, 6.07) is 5.10. The van der Waals surface area contributed by atoms with E-state index < -0.39 is 11.7 Å². The highest BCUT2D eigenvalue weighted by molar-refractivity contribution is 5.44. The van der Waals surface area contributed by atoms with Gasteiger partial charge in [0.1, 0.15) is 0 Å². The summed E-state index contributed by atoms with van der Waals surface area (Å²) < 4.78 is 37.2. The van der Waals surface area contributed by atoms with Gasteiger partial charge in [-0.05, 0) is 6.07 Å². The summed E-state index contributed by atoms with van der Waals surface area (Å²) in [5.41, 5.74) is 1.23. The molecule has 0 aliphatic rings. The van der Waals surface area contributed by atoms with Gasteiger partial charge in [-0.15, -0.1) is 0 Å². The fourth-order valence-corrected chi connectivity index (χ4v) is 1.25. The van der Waals surface area contributed by atoms with Gasteiger partial charge in [-0.2, -0.15) is 23.9 Å². The zero-order valence-electron chi connectivity index (χ0n) is 10.5. The standard InChI is InChI=1S/C10H9F3N2O.C2H6/c1-16-15-9-6-8(10(11,12)13)3-2-7(9)4-5-14;1-2/h2-3,6,15H,4H2,1H3;1-2H3/p+1. The Kier molecular flexibility index (Phi) is 7.01. The molecular formula is C12H16F3N2O+. The van der Waals surface area contributed by atoms with Crippen molar-refractivity contribution < 1.29 is 23.5 Å². The molecule has 1 aromatic carbocycles. The summed E-state index contributed by atoms with van der Waals surface area (Å²) in [6.45, 7) is 4.00. The molecule has 0 amide bonds. The Morgan fingerprint density at radius 2 is 1.94 bits per heavy atom. The molecule has 0 aliphatic carbocycles. The number of nitrogens with zero attached hydrogens (tertiary/aromatic N) is 1. The van der Waals surface area contributed by atoms with Crippen molar-refractivity contribution in [2.24, 2.45) is 0 Å². The maximum Gasteiger partial charge on any atom is 0.416 e. The van der Waals surface area contributed by atoms with Gasteiger partial charge in [0.25, 0.3) is 0 Å². The van der Waals surface area contributed by atoms with Gasteiger partial charge in [-0.25, -0.2) is 4.84 Å². The Bertz CT molecular complexity index is 411. The molecule has 0 bridgehead atoms. The second-order valence-corrected chi connectivity index (χ2v) is 3.10. The summed E-state index contributed by atoms with van der Waals surface area (Å²) in [7, 11) is 1.34. The van der Waals surface area contributed by atoms with E-state index in [1.807, 2.05) is 19.9 Å². The predicted molar refractivity (Wildman–Crippen MR) is 60.7 cm³/mol. The van der Waals surface area contributed by atoms with Crippen molar-refractivity contribution >= 4 is 5.69 Å². The smallest absolute Gasteiger partial charge is 0.204 e. The lowest BCUT2D eigenvalue weighted by molar-refractivity contribution is -0.830. The number of nitriles is 1. The number of rotatable bonds is 3. The first kappa shape index (κ1) is 16.4. The molecule has 2 N–H and O–H groups in total. The average Bonchev–Trinajstić information content (AvgIpc) is 2.33. The molecule has 0 aliphatic heterocycles. The normalized spacial score (nSPS) is 10.3. The van der Waals surface area contributed by atoms with Gasteiger partial charge in [0.05, 0.1) is 25.2 Å². The van der Waals surface area contributed by atoms with Crippen LogP contribution in [0.25, 0.3) is 0 Å². The molecule has 1 rings (SSSR count). The van der Waals surface area contributed by atoms with Gasteiger partial charge in [0.2, 0.25) is 0 Å². The highest BCUT2D eigenvalue weighted by Gasteiger charge is 2.31. The average molecular weight is 261 g/mol. The molecule has 0 fully saturated rings. The molecule has 0 atom stereocenters. The molecule has 100 valence electrons. The molecule has 0 spiro atoms. The van der Waals surface area contributed by atoms with Crippen LogP contribution >= 0.6 is 0 Å². The lowest BCUT2D eigenvalue weighted by atomic mass is 10.1. The van der Waals surface area contributed by atoms with Crippen molar-refractivity contribution in [2.45, 2.75) is 26.4 Å². The molecule has 0 saturated carbocycles. The van der Waals surface area contributed by atoms with Crippen LogP contribution in [0, 0.1) is 11.3 Å². The van der Waals surface area contributed by atoms with Crippen LogP contribution in [-0.4, -0.2) is 7.11 Å². The van der Waals surface area contributed by atoms with Gasteiger partial charge in [-0.1, -0.05) is 19.9 Å². The van der Waals surface area contributed by atoms with E-state index in [-0.39, 0.29) is 12.1 Å². The minimum Gasteiger partial charge on any atom is -0.204 e. The van der Waals surface area contributed by atoms with Crippen LogP contribution in [0.15, 0.2) is 18.2 Å². The Hall–Kier alpha value is -1.58. The summed E-state index contributed by atoms with van der Waals surface area (Å²) >= 11 is 0. The van der Waals surface area contributed by atoms with Gasteiger partial charge >= 0.3 is 6.18 Å². The van der Waals surface area contributed by atoms with Gasteiger partial charge in [0.15, 0.2) is 5.69 Å². The van der Waals surface area contributed by atoms with E-state index in [0.29, 0.717) is 5.56 Å². The SMILES string of the molecule is CC.CO[NH2+]c1cc(C(F)(F)F)ccc1CC#N. The topological polar surface area (TPSA) is 49.6 Å². The van der Waals surface area contributed by atoms with Crippen LogP contribution in [0.3, 0.4) is 0 Å².